The topological polar surface area (TPSA) is 79.0 Å². The van der Waals surface area contributed by atoms with Gasteiger partial charge in [0.2, 0.25) is 0 Å². The first-order valence-corrected chi connectivity index (χ1v) is 7.51. The molecule has 0 atom stereocenters. The molecule has 2 N–H and O–H groups in total. The fourth-order valence-electron chi connectivity index (χ4n) is 2.92. The van der Waals surface area contributed by atoms with Crippen LogP contribution in [0.2, 0.25) is 0 Å². The molecule has 1 aromatic carbocycles. The number of ketones is 1. The Morgan fingerprint density at radius 2 is 1.83 bits per heavy atom. The number of Topliss-reactive ketones (excluding diaryl/α,β-unsaturated/α-hetero) is 1. The van der Waals surface area contributed by atoms with Crippen LogP contribution < -0.4 is 10.9 Å². The van der Waals surface area contributed by atoms with Crippen LogP contribution in [0.4, 0.5) is 5.69 Å². The summed E-state index contributed by atoms with van der Waals surface area (Å²) in [5.41, 5.74) is 0.973. The number of para-hydroxylation sites is 1. The van der Waals surface area contributed by atoms with Gasteiger partial charge in [0.15, 0.2) is 5.78 Å². The molecule has 5 nitrogen and oxygen atoms in total. The smallest absolute Gasteiger partial charge is 0.261 e. The maximum Gasteiger partial charge on any atom is 0.261 e. The van der Waals surface area contributed by atoms with Crippen molar-refractivity contribution in [3.63, 3.8) is 0 Å². The molecule has 0 radical (unpaired) electrons. The van der Waals surface area contributed by atoms with Crippen molar-refractivity contribution in [2.75, 3.05) is 5.32 Å². The van der Waals surface area contributed by atoms with Gasteiger partial charge in [0, 0.05) is 23.4 Å². The average Bonchev–Trinajstić information content (AvgIpc) is 2.46. The van der Waals surface area contributed by atoms with E-state index >= 15 is 0 Å². The van der Waals surface area contributed by atoms with Crippen LogP contribution in [-0.4, -0.2) is 16.7 Å². The van der Waals surface area contributed by atoms with Crippen molar-refractivity contribution in [2.45, 2.75) is 26.7 Å². The lowest BCUT2D eigenvalue weighted by Gasteiger charge is -2.29. The van der Waals surface area contributed by atoms with Crippen LogP contribution in [-0.2, 0) is 6.42 Å². The molecule has 1 heterocycles. The summed E-state index contributed by atoms with van der Waals surface area (Å²) in [5, 5.41) is 2.67. The summed E-state index contributed by atoms with van der Waals surface area (Å²) in [5.74, 6) is -0.556. The van der Waals surface area contributed by atoms with Crippen LogP contribution in [0.15, 0.2) is 41.2 Å². The highest BCUT2D eigenvalue weighted by Gasteiger charge is 2.32. The molecule has 1 aliphatic carbocycles. The Morgan fingerprint density at radius 1 is 1.13 bits per heavy atom. The highest BCUT2D eigenvalue weighted by atomic mass is 16.2. The molecule has 0 spiro atoms. The highest BCUT2D eigenvalue weighted by Crippen LogP contribution is 2.33. The summed E-state index contributed by atoms with van der Waals surface area (Å²) in [6.07, 6.45) is 1.02. The van der Waals surface area contributed by atoms with E-state index in [9.17, 15) is 14.4 Å². The zero-order valence-electron chi connectivity index (χ0n) is 13.1. The van der Waals surface area contributed by atoms with Crippen molar-refractivity contribution in [3.8, 4) is 0 Å². The van der Waals surface area contributed by atoms with Crippen LogP contribution >= 0.6 is 0 Å². The number of pyridine rings is 1. The van der Waals surface area contributed by atoms with Gasteiger partial charge in [0.05, 0.1) is 0 Å². The quantitative estimate of drug-likeness (QED) is 0.895. The maximum atomic E-state index is 12.3. The number of carbonyl (C=O) groups excluding carboxylic acids is 2. The van der Waals surface area contributed by atoms with Crippen LogP contribution in [0.3, 0.4) is 0 Å². The van der Waals surface area contributed by atoms with Crippen molar-refractivity contribution < 1.29 is 9.59 Å². The summed E-state index contributed by atoms with van der Waals surface area (Å²) in [6.45, 7) is 3.98. The van der Waals surface area contributed by atoms with Crippen molar-refractivity contribution in [3.05, 3.63) is 63.6 Å². The van der Waals surface area contributed by atoms with E-state index in [4.69, 9.17) is 0 Å². The summed E-state index contributed by atoms with van der Waals surface area (Å²) in [6, 6.07) is 10.3. The molecule has 0 unspecified atom stereocenters. The number of nitrogens with one attached hydrogen (secondary N) is 2. The number of benzene rings is 1. The van der Waals surface area contributed by atoms with E-state index < -0.39 is 11.5 Å². The third-order valence-electron chi connectivity index (χ3n) is 3.99. The first kappa shape index (κ1) is 15.2. The zero-order chi connectivity index (χ0) is 16.6. The Bertz CT molecular complexity index is 835. The van der Waals surface area contributed by atoms with Gasteiger partial charge in [0.25, 0.3) is 11.5 Å². The molecule has 1 aromatic heterocycles. The van der Waals surface area contributed by atoms with E-state index in [2.05, 4.69) is 10.3 Å². The van der Waals surface area contributed by atoms with Crippen LogP contribution in [0, 0.1) is 5.41 Å². The predicted octanol–water partition coefficient (Wildman–Crippen LogP) is 2.78. The largest absolute Gasteiger partial charge is 0.325 e. The standard InChI is InChI=1S/C18H18N2O3/c1-18(2)9-14-12(15(21)10-18)8-13(17(23)20-14)16(22)19-11-6-4-3-5-7-11/h3-8H,9-10H2,1-2H3,(H,19,22)(H,20,23). The Balaban J connectivity index is 1.96. The van der Waals surface area contributed by atoms with Gasteiger partial charge in [-0.3, -0.25) is 14.4 Å². The van der Waals surface area contributed by atoms with E-state index in [0.717, 1.165) is 0 Å². The number of amides is 1. The summed E-state index contributed by atoms with van der Waals surface area (Å²) in [4.78, 5) is 39.5. The van der Waals surface area contributed by atoms with E-state index in [1.807, 2.05) is 19.9 Å². The Morgan fingerprint density at radius 3 is 2.52 bits per heavy atom. The first-order valence-electron chi connectivity index (χ1n) is 7.51. The lowest BCUT2D eigenvalue weighted by atomic mass is 9.75. The highest BCUT2D eigenvalue weighted by molar-refractivity contribution is 6.06. The average molecular weight is 310 g/mol. The van der Waals surface area contributed by atoms with E-state index in [1.54, 1.807) is 24.3 Å². The van der Waals surface area contributed by atoms with E-state index in [0.29, 0.717) is 29.8 Å². The van der Waals surface area contributed by atoms with Crippen molar-refractivity contribution in [1.29, 1.82) is 0 Å². The lowest BCUT2D eigenvalue weighted by Crippen LogP contribution is -2.32. The van der Waals surface area contributed by atoms with Crippen LogP contribution in [0.25, 0.3) is 0 Å². The number of hydrogen-bond acceptors (Lipinski definition) is 3. The molecule has 118 valence electrons. The van der Waals surface area contributed by atoms with Crippen molar-refractivity contribution in [1.82, 2.24) is 4.98 Å². The molecule has 3 rings (SSSR count). The van der Waals surface area contributed by atoms with Gasteiger partial charge in [-0.1, -0.05) is 32.0 Å². The van der Waals surface area contributed by atoms with Gasteiger partial charge in [-0.05, 0) is 30.0 Å². The molecule has 23 heavy (non-hydrogen) atoms. The van der Waals surface area contributed by atoms with Gasteiger partial charge >= 0.3 is 0 Å². The number of hydrogen-bond donors (Lipinski definition) is 2. The SMILES string of the molecule is CC1(C)CC(=O)c2cc(C(=O)Nc3ccccc3)c(=O)[nH]c2C1. The molecule has 0 saturated carbocycles. The van der Waals surface area contributed by atoms with E-state index in [1.165, 1.54) is 6.07 Å². The Kier molecular flexibility index (Phi) is 3.64. The number of anilines is 1. The predicted molar refractivity (Wildman–Crippen MR) is 87.9 cm³/mol. The minimum absolute atomic E-state index is 0.0405. The summed E-state index contributed by atoms with van der Waals surface area (Å²) >= 11 is 0. The summed E-state index contributed by atoms with van der Waals surface area (Å²) in [7, 11) is 0. The fourth-order valence-corrected chi connectivity index (χ4v) is 2.92. The second kappa shape index (κ2) is 5.50. The van der Waals surface area contributed by atoms with Crippen molar-refractivity contribution >= 4 is 17.4 Å². The third-order valence-corrected chi connectivity index (χ3v) is 3.99. The molecule has 0 bridgehead atoms. The maximum absolute atomic E-state index is 12.3. The molecular formula is C18H18N2O3. The number of H-pyrrole nitrogens is 1. The van der Waals surface area contributed by atoms with Crippen LogP contribution in [0.5, 0.6) is 0 Å². The fraction of sp³-hybridized carbons (Fsp3) is 0.278. The number of rotatable bonds is 2. The van der Waals surface area contributed by atoms with Crippen LogP contribution in [0.1, 0.15) is 46.7 Å². The number of carbonyl (C=O) groups is 2. The molecule has 1 amide bonds. The molecule has 2 aromatic rings. The lowest BCUT2D eigenvalue weighted by molar-refractivity contribution is 0.0910. The molecular weight excluding hydrogens is 292 g/mol. The second-order valence-electron chi connectivity index (χ2n) is 6.67. The molecule has 0 fully saturated rings. The minimum atomic E-state index is -0.516. The minimum Gasteiger partial charge on any atom is -0.325 e. The number of aromatic nitrogens is 1. The number of aromatic amines is 1. The molecule has 5 heteroatoms. The first-order chi connectivity index (χ1) is 10.9. The Labute approximate surface area is 133 Å². The second-order valence-corrected chi connectivity index (χ2v) is 6.67. The summed E-state index contributed by atoms with van der Waals surface area (Å²) < 4.78 is 0. The monoisotopic (exact) mass is 310 g/mol. The molecule has 0 saturated heterocycles. The van der Waals surface area contributed by atoms with Gasteiger partial charge < -0.3 is 10.3 Å². The van der Waals surface area contributed by atoms with Gasteiger partial charge in [0.1, 0.15) is 5.56 Å². The zero-order valence-corrected chi connectivity index (χ0v) is 13.1. The Hall–Kier alpha value is -2.69. The van der Waals surface area contributed by atoms with Crippen molar-refractivity contribution in [2.24, 2.45) is 5.41 Å². The van der Waals surface area contributed by atoms with Gasteiger partial charge in [-0.25, -0.2) is 0 Å². The molecule has 0 aliphatic heterocycles. The normalized spacial score (nSPS) is 15.8. The number of fused-ring (bicyclic) bond motifs is 1. The van der Waals surface area contributed by atoms with Gasteiger partial charge in [-0.2, -0.15) is 0 Å². The molecule has 1 aliphatic rings. The third kappa shape index (κ3) is 3.08. The van der Waals surface area contributed by atoms with E-state index in [-0.39, 0.29) is 16.8 Å². The van der Waals surface area contributed by atoms with Gasteiger partial charge in [-0.15, -0.1) is 0 Å².